The third-order valence-electron chi connectivity index (χ3n) is 3.18. The minimum Gasteiger partial charge on any atom is -0.490 e. The summed E-state index contributed by atoms with van der Waals surface area (Å²) in [6.45, 7) is 2.22. The number of hydroxylamine groups is 2. The molecule has 2 rings (SSSR count). The fourth-order valence-electron chi connectivity index (χ4n) is 2.18. The largest absolute Gasteiger partial charge is 0.490 e. The molecule has 1 amide bonds. The van der Waals surface area contributed by atoms with Gasteiger partial charge in [0.15, 0.2) is 5.75 Å². The molecule has 1 aromatic rings. The van der Waals surface area contributed by atoms with Crippen LogP contribution in [-0.2, 0) is 4.84 Å². The van der Waals surface area contributed by atoms with Crippen LogP contribution in [0.25, 0.3) is 0 Å². The van der Waals surface area contributed by atoms with Crippen LogP contribution in [0.15, 0.2) is 18.2 Å². The Morgan fingerprint density at radius 3 is 2.52 bits per heavy atom. The Balaban J connectivity index is 2.06. The van der Waals surface area contributed by atoms with Gasteiger partial charge in [-0.3, -0.25) is 10.1 Å². The summed E-state index contributed by atoms with van der Waals surface area (Å²) >= 11 is 0. The van der Waals surface area contributed by atoms with E-state index in [1.807, 2.05) is 4.90 Å². The summed E-state index contributed by atoms with van der Waals surface area (Å²) in [5.74, 6) is 0.216. The number of carbonyl (C=O) groups is 1. The van der Waals surface area contributed by atoms with Crippen molar-refractivity contribution in [2.45, 2.75) is 0 Å². The molecular weight excluding hydrogens is 280 g/mol. The number of ether oxygens (including phenoxy) is 1. The number of methoxy groups -OCH3 is 1. The van der Waals surface area contributed by atoms with Crippen LogP contribution in [-0.4, -0.2) is 49.4 Å². The summed E-state index contributed by atoms with van der Waals surface area (Å²) < 4.78 is 5.05. The van der Waals surface area contributed by atoms with Crippen molar-refractivity contribution in [3.8, 4) is 5.75 Å². The van der Waals surface area contributed by atoms with Crippen molar-refractivity contribution in [2.24, 2.45) is 5.73 Å². The molecule has 1 aliphatic heterocycles. The van der Waals surface area contributed by atoms with Crippen LogP contribution < -0.4 is 15.4 Å². The Morgan fingerprint density at radius 1 is 1.33 bits per heavy atom. The number of nitrogens with two attached hydrogens (primary N) is 1. The zero-order valence-corrected chi connectivity index (χ0v) is 11.5. The van der Waals surface area contributed by atoms with Gasteiger partial charge in [-0.2, -0.15) is 0 Å². The second-order valence-electron chi connectivity index (χ2n) is 4.44. The van der Waals surface area contributed by atoms with Crippen LogP contribution in [0.5, 0.6) is 5.75 Å². The maximum Gasteiger partial charge on any atom is 0.423 e. The van der Waals surface area contributed by atoms with Gasteiger partial charge in [-0.15, -0.1) is 5.06 Å². The first-order valence-corrected chi connectivity index (χ1v) is 6.31. The van der Waals surface area contributed by atoms with Crippen LogP contribution in [0.3, 0.4) is 0 Å². The molecule has 1 heterocycles. The molecule has 1 aliphatic rings. The highest BCUT2D eigenvalue weighted by Crippen LogP contribution is 2.31. The lowest BCUT2D eigenvalue weighted by Gasteiger charge is -2.34. The molecule has 0 saturated carbocycles. The molecule has 0 spiro atoms. The lowest BCUT2D eigenvalue weighted by atomic mass is 10.2. The van der Waals surface area contributed by atoms with Crippen molar-refractivity contribution in [1.82, 2.24) is 5.06 Å². The van der Waals surface area contributed by atoms with E-state index in [0.717, 1.165) is 5.69 Å². The van der Waals surface area contributed by atoms with Crippen LogP contribution >= 0.6 is 0 Å². The lowest BCUT2D eigenvalue weighted by Crippen LogP contribution is -2.47. The van der Waals surface area contributed by atoms with Gasteiger partial charge < -0.3 is 20.2 Å². The first-order valence-electron chi connectivity index (χ1n) is 6.31. The van der Waals surface area contributed by atoms with Crippen molar-refractivity contribution >= 4 is 17.5 Å². The molecule has 0 aliphatic carbocycles. The summed E-state index contributed by atoms with van der Waals surface area (Å²) in [5, 5.41) is 12.3. The highest BCUT2D eigenvalue weighted by atomic mass is 16.7. The number of nitro benzene ring substituents is 1. The molecule has 2 N–H and O–H groups in total. The Bertz CT molecular complexity index is 542. The summed E-state index contributed by atoms with van der Waals surface area (Å²) in [4.78, 5) is 27.9. The standard InChI is InChI=1S/C12H16N4O5/c1-20-11-8-9(2-3-10(11)16(18)19)14-4-6-15(7-5-14)21-12(13)17/h2-3,8H,4-7H2,1H3,(H2,13,17). The number of amides is 1. The smallest absolute Gasteiger partial charge is 0.423 e. The van der Waals surface area contributed by atoms with E-state index in [0.29, 0.717) is 26.2 Å². The third kappa shape index (κ3) is 3.51. The normalized spacial score (nSPS) is 15.6. The van der Waals surface area contributed by atoms with Gasteiger partial charge in [0, 0.05) is 30.9 Å². The molecule has 114 valence electrons. The fourth-order valence-corrected chi connectivity index (χ4v) is 2.18. The Kier molecular flexibility index (Phi) is 4.43. The van der Waals surface area contributed by atoms with E-state index in [2.05, 4.69) is 0 Å². The minimum atomic E-state index is -0.833. The van der Waals surface area contributed by atoms with E-state index in [-0.39, 0.29) is 11.4 Å². The number of piperazine rings is 1. The van der Waals surface area contributed by atoms with Gasteiger partial charge >= 0.3 is 11.8 Å². The lowest BCUT2D eigenvalue weighted by molar-refractivity contribution is -0.385. The Hall–Kier alpha value is -2.55. The predicted molar refractivity (Wildman–Crippen MR) is 74.1 cm³/mol. The Labute approximate surface area is 120 Å². The van der Waals surface area contributed by atoms with E-state index in [9.17, 15) is 14.9 Å². The molecule has 1 saturated heterocycles. The number of rotatable bonds is 4. The average Bonchev–Trinajstić information content (AvgIpc) is 2.46. The SMILES string of the molecule is COc1cc(N2CCN(OC(N)=O)CC2)ccc1[N+](=O)[O-]. The molecule has 9 nitrogen and oxygen atoms in total. The highest BCUT2D eigenvalue weighted by molar-refractivity contribution is 5.64. The van der Waals surface area contributed by atoms with Crippen molar-refractivity contribution in [3.63, 3.8) is 0 Å². The molecular formula is C12H16N4O5. The van der Waals surface area contributed by atoms with E-state index in [1.165, 1.54) is 18.2 Å². The number of benzene rings is 1. The van der Waals surface area contributed by atoms with Crippen LogP contribution in [0.4, 0.5) is 16.2 Å². The number of primary amides is 1. The quantitative estimate of drug-likeness (QED) is 0.644. The van der Waals surface area contributed by atoms with Crippen molar-refractivity contribution < 1.29 is 19.3 Å². The first-order chi connectivity index (χ1) is 10.0. The number of nitrogens with zero attached hydrogens (tertiary/aromatic N) is 3. The summed E-state index contributed by atoms with van der Waals surface area (Å²) in [6, 6.07) is 4.72. The number of nitro groups is 1. The monoisotopic (exact) mass is 296 g/mol. The molecule has 1 aromatic carbocycles. The van der Waals surface area contributed by atoms with Gasteiger partial charge in [-0.05, 0) is 6.07 Å². The van der Waals surface area contributed by atoms with Crippen molar-refractivity contribution in [1.29, 1.82) is 0 Å². The average molecular weight is 296 g/mol. The van der Waals surface area contributed by atoms with Gasteiger partial charge in [-0.25, -0.2) is 4.79 Å². The van der Waals surface area contributed by atoms with E-state index >= 15 is 0 Å². The molecule has 1 fully saturated rings. The number of hydrogen-bond donors (Lipinski definition) is 1. The highest BCUT2D eigenvalue weighted by Gasteiger charge is 2.22. The zero-order chi connectivity index (χ0) is 15.4. The fraction of sp³-hybridized carbons (Fsp3) is 0.417. The maximum atomic E-state index is 10.9. The Morgan fingerprint density at radius 2 is 2.00 bits per heavy atom. The summed E-state index contributed by atoms with van der Waals surface area (Å²) in [5.41, 5.74) is 5.70. The minimum absolute atomic E-state index is 0.0723. The van der Waals surface area contributed by atoms with Crippen molar-refractivity contribution in [2.75, 3.05) is 38.2 Å². The van der Waals surface area contributed by atoms with Crippen LogP contribution in [0, 0.1) is 10.1 Å². The second kappa shape index (κ2) is 6.27. The van der Waals surface area contributed by atoms with E-state index < -0.39 is 11.0 Å². The van der Waals surface area contributed by atoms with Gasteiger partial charge in [0.25, 0.3) is 0 Å². The summed E-state index contributed by atoms with van der Waals surface area (Å²) in [7, 11) is 1.39. The summed E-state index contributed by atoms with van der Waals surface area (Å²) in [6.07, 6.45) is -0.833. The molecule has 21 heavy (non-hydrogen) atoms. The molecule has 0 aromatic heterocycles. The number of anilines is 1. The number of carbonyl (C=O) groups excluding carboxylic acids is 1. The third-order valence-corrected chi connectivity index (χ3v) is 3.18. The van der Waals surface area contributed by atoms with Crippen LogP contribution in [0.2, 0.25) is 0 Å². The molecule has 0 atom stereocenters. The van der Waals surface area contributed by atoms with E-state index in [1.54, 1.807) is 12.1 Å². The molecule has 0 unspecified atom stereocenters. The maximum absolute atomic E-state index is 10.9. The zero-order valence-electron chi connectivity index (χ0n) is 11.5. The van der Waals surface area contributed by atoms with E-state index in [4.69, 9.17) is 15.3 Å². The number of hydrogen-bond acceptors (Lipinski definition) is 7. The van der Waals surface area contributed by atoms with Gasteiger partial charge in [0.05, 0.1) is 25.1 Å². The first kappa shape index (κ1) is 14.9. The van der Waals surface area contributed by atoms with Gasteiger partial charge in [-0.1, -0.05) is 0 Å². The van der Waals surface area contributed by atoms with Crippen molar-refractivity contribution in [3.05, 3.63) is 28.3 Å². The predicted octanol–water partition coefficient (Wildman–Crippen LogP) is 0.736. The van der Waals surface area contributed by atoms with Gasteiger partial charge in [0.2, 0.25) is 0 Å². The molecule has 0 radical (unpaired) electrons. The van der Waals surface area contributed by atoms with Crippen LogP contribution in [0.1, 0.15) is 0 Å². The molecule has 9 heteroatoms. The topological polar surface area (TPSA) is 111 Å². The second-order valence-corrected chi connectivity index (χ2v) is 4.44. The van der Waals surface area contributed by atoms with Gasteiger partial charge in [0.1, 0.15) is 0 Å². The molecule has 0 bridgehead atoms.